The van der Waals surface area contributed by atoms with Gasteiger partial charge in [0.15, 0.2) is 0 Å². The van der Waals surface area contributed by atoms with Crippen molar-refractivity contribution < 1.29 is 18.0 Å². The van der Waals surface area contributed by atoms with Gasteiger partial charge in [-0.3, -0.25) is 4.79 Å². The van der Waals surface area contributed by atoms with Crippen LogP contribution in [0.4, 0.5) is 19.0 Å². The number of nitrogens with zero attached hydrogens (tertiary/aromatic N) is 2. The molecule has 2 aromatic rings. The number of carbonyl (C=O) groups is 1. The summed E-state index contributed by atoms with van der Waals surface area (Å²) in [5.74, 6) is -0.517. The highest BCUT2D eigenvalue weighted by atomic mass is 35.5. The zero-order valence-corrected chi connectivity index (χ0v) is 10.7. The van der Waals surface area contributed by atoms with Crippen LogP contribution in [0.15, 0.2) is 36.5 Å². The third-order valence-corrected chi connectivity index (χ3v) is 2.58. The zero-order valence-electron chi connectivity index (χ0n) is 9.99. The van der Waals surface area contributed by atoms with E-state index in [9.17, 15) is 18.0 Å². The molecule has 0 saturated carbocycles. The number of hydrogen-bond donors (Lipinski definition) is 1. The summed E-state index contributed by atoms with van der Waals surface area (Å²) in [6.07, 6.45) is -3.21. The van der Waals surface area contributed by atoms with E-state index in [1.807, 2.05) is 0 Å². The Morgan fingerprint density at radius 3 is 2.70 bits per heavy atom. The predicted molar refractivity (Wildman–Crippen MR) is 67.7 cm³/mol. The lowest BCUT2D eigenvalue weighted by Gasteiger charge is -2.11. The first kappa shape index (κ1) is 14.4. The van der Waals surface area contributed by atoms with E-state index in [0.717, 1.165) is 4.57 Å². The first-order chi connectivity index (χ1) is 9.35. The molecular formula is C12H9ClF3N3O. The second-order valence-corrected chi connectivity index (χ2v) is 4.32. The fourth-order valence-corrected chi connectivity index (χ4v) is 1.77. The van der Waals surface area contributed by atoms with Crippen molar-refractivity contribution in [2.45, 2.75) is 12.7 Å². The lowest BCUT2D eigenvalue weighted by molar-refractivity contribution is -0.140. The molecule has 106 valence electrons. The minimum atomic E-state index is -4.40. The topological polar surface area (TPSA) is 46.9 Å². The molecule has 0 saturated heterocycles. The molecule has 0 fully saturated rings. The van der Waals surface area contributed by atoms with Crippen LogP contribution in [-0.2, 0) is 6.54 Å². The zero-order chi connectivity index (χ0) is 14.8. The fourth-order valence-electron chi connectivity index (χ4n) is 1.61. The average molecular weight is 304 g/mol. The van der Waals surface area contributed by atoms with Crippen molar-refractivity contribution in [1.29, 1.82) is 0 Å². The number of carbonyl (C=O) groups excluding carboxylic acids is 1. The standard InChI is InChI=1S/C12H9ClF3N3O/c13-9-4-1-5-10(17-9)18-11(20)8-3-2-6-19(8)7-12(14,15)16/h1-6H,7H2,(H,17,18,20). The van der Waals surface area contributed by atoms with Crippen LogP contribution in [0.25, 0.3) is 0 Å². The van der Waals surface area contributed by atoms with Gasteiger partial charge in [0.2, 0.25) is 0 Å². The molecule has 0 aliphatic carbocycles. The number of aromatic nitrogens is 2. The predicted octanol–water partition coefficient (Wildman–Crippen LogP) is 3.35. The smallest absolute Gasteiger partial charge is 0.334 e. The highest BCUT2D eigenvalue weighted by Gasteiger charge is 2.29. The van der Waals surface area contributed by atoms with Crippen LogP contribution >= 0.6 is 11.6 Å². The number of alkyl halides is 3. The van der Waals surface area contributed by atoms with E-state index in [4.69, 9.17) is 11.6 Å². The van der Waals surface area contributed by atoms with Crippen molar-refractivity contribution in [1.82, 2.24) is 9.55 Å². The molecule has 0 radical (unpaired) electrons. The Morgan fingerprint density at radius 1 is 1.30 bits per heavy atom. The summed E-state index contributed by atoms with van der Waals surface area (Å²) in [5.41, 5.74) is -0.107. The molecule has 20 heavy (non-hydrogen) atoms. The van der Waals surface area contributed by atoms with Crippen molar-refractivity contribution in [3.63, 3.8) is 0 Å². The molecule has 0 bridgehead atoms. The third kappa shape index (κ3) is 3.74. The molecule has 0 aliphatic heterocycles. The minimum absolute atomic E-state index is 0.107. The van der Waals surface area contributed by atoms with E-state index in [1.165, 1.54) is 30.5 Å². The maximum atomic E-state index is 12.4. The molecule has 0 atom stereocenters. The summed E-state index contributed by atoms with van der Waals surface area (Å²) < 4.78 is 37.9. The molecule has 0 aliphatic rings. The van der Waals surface area contributed by atoms with Crippen LogP contribution in [0, 0.1) is 0 Å². The number of nitrogens with one attached hydrogen (secondary N) is 1. The maximum Gasteiger partial charge on any atom is 0.406 e. The van der Waals surface area contributed by atoms with Gasteiger partial charge in [-0.2, -0.15) is 13.2 Å². The van der Waals surface area contributed by atoms with Gasteiger partial charge < -0.3 is 9.88 Å². The van der Waals surface area contributed by atoms with Crippen LogP contribution in [0.2, 0.25) is 5.15 Å². The van der Waals surface area contributed by atoms with Crippen molar-refractivity contribution in [2.24, 2.45) is 0 Å². The molecule has 4 nitrogen and oxygen atoms in total. The van der Waals surface area contributed by atoms with Crippen LogP contribution in [0.1, 0.15) is 10.5 Å². The fraction of sp³-hybridized carbons (Fsp3) is 0.167. The first-order valence-corrected chi connectivity index (χ1v) is 5.89. The molecule has 1 N–H and O–H groups in total. The summed E-state index contributed by atoms with van der Waals surface area (Å²) in [6.45, 7) is -1.23. The van der Waals surface area contributed by atoms with Gasteiger partial charge in [0.05, 0.1) is 0 Å². The van der Waals surface area contributed by atoms with Crippen LogP contribution < -0.4 is 5.32 Å². The SMILES string of the molecule is O=C(Nc1cccc(Cl)n1)c1cccn1CC(F)(F)F. The number of anilines is 1. The van der Waals surface area contributed by atoms with E-state index in [2.05, 4.69) is 10.3 Å². The van der Waals surface area contributed by atoms with Crippen molar-refractivity contribution in [3.8, 4) is 0 Å². The largest absolute Gasteiger partial charge is 0.406 e. The molecule has 8 heteroatoms. The number of hydrogen-bond acceptors (Lipinski definition) is 2. The Balaban J connectivity index is 2.16. The van der Waals surface area contributed by atoms with Crippen molar-refractivity contribution in [2.75, 3.05) is 5.32 Å². The van der Waals surface area contributed by atoms with Gasteiger partial charge in [0, 0.05) is 6.20 Å². The maximum absolute atomic E-state index is 12.4. The minimum Gasteiger partial charge on any atom is -0.334 e. The van der Waals surface area contributed by atoms with E-state index in [1.54, 1.807) is 6.07 Å². The first-order valence-electron chi connectivity index (χ1n) is 5.51. The van der Waals surface area contributed by atoms with Crippen LogP contribution in [0.5, 0.6) is 0 Å². The Hall–Kier alpha value is -2.02. The van der Waals surface area contributed by atoms with Crippen molar-refractivity contribution in [3.05, 3.63) is 47.4 Å². The van der Waals surface area contributed by atoms with Gasteiger partial charge in [0.1, 0.15) is 23.2 Å². The summed E-state index contributed by atoms with van der Waals surface area (Å²) in [7, 11) is 0. The Labute approximate surface area is 117 Å². The molecule has 0 unspecified atom stereocenters. The highest BCUT2D eigenvalue weighted by Crippen LogP contribution is 2.19. The summed E-state index contributed by atoms with van der Waals surface area (Å²) >= 11 is 5.66. The van der Waals surface area contributed by atoms with Gasteiger partial charge in [-0.15, -0.1) is 0 Å². The van der Waals surface area contributed by atoms with Gasteiger partial charge in [-0.25, -0.2) is 4.98 Å². The lowest BCUT2D eigenvalue weighted by atomic mass is 10.3. The van der Waals surface area contributed by atoms with E-state index >= 15 is 0 Å². The van der Waals surface area contributed by atoms with E-state index in [0.29, 0.717) is 0 Å². The van der Waals surface area contributed by atoms with E-state index in [-0.39, 0.29) is 16.7 Å². The third-order valence-electron chi connectivity index (χ3n) is 2.37. The monoisotopic (exact) mass is 303 g/mol. The lowest BCUT2D eigenvalue weighted by Crippen LogP contribution is -2.23. The number of pyridine rings is 1. The van der Waals surface area contributed by atoms with E-state index < -0.39 is 18.6 Å². The van der Waals surface area contributed by atoms with Crippen LogP contribution in [0.3, 0.4) is 0 Å². The molecule has 2 rings (SSSR count). The van der Waals surface area contributed by atoms with Gasteiger partial charge in [-0.05, 0) is 24.3 Å². The molecule has 2 heterocycles. The summed E-state index contributed by atoms with van der Waals surface area (Å²) in [6, 6.07) is 7.24. The summed E-state index contributed by atoms with van der Waals surface area (Å²) in [4.78, 5) is 15.7. The van der Waals surface area contributed by atoms with Gasteiger partial charge >= 0.3 is 6.18 Å². The number of halogens is 4. The molecule has 0 spiro atoms. The average Bonchev–Trinajstić information content (AvgIpc) is 2.74. The Kier molecular flexibility index (Phi) is 3.99. The number of amides is 1. The van der Waals surface area contributed by atoms with Gasteiger partial charge in [0.25, 0.3) is 5.91 Å². The second kappa shape index (κ2) is 5.54. The number of rotatable bonds is 3. The summed E-state index contributed by atoms with van der Waals surface area (Å²) in [5, 5.41) is 2.56. The highest BCUT2D eigenvalue weighted by molar-refractivity contribution is 6.29. The Morgan fingerprint density at radius 2 is 2.05 bits per heavy atom. The molecule has 0 aromatic carbocycles. The second-order valence-electron chi connectivity index (χ2n) is 3.94. The quantitative estimate of drug-likeness (QED) is 0.884. The Bertz CT molecular complexity index is 624. The molecule has 2 aromatic heterocycles. The van der Waals surface area contributed by atoms with Crippen molar-refractivity contribution >= 4 is 23.3 Å². The van der Waals surface area contributed by atoms with Crippen LogP contribution in [-0.4, -0.2) is 21.6 Å². The normalized spacial score (nSPS) is 11.4. The molecular weight excluding hydrogens is 295 g/mol. The van der Waals surface area contributed by atoms with Gasteiger partial charge in [-0.1, -0.05) is 17.7 Å². The molecule has 1 amide bonds.